The van der Waals surface area contributed by atoms with Gasteiger partial charge in [0.1, 0.15) is 0 Å². The first kappa shape index (κ1) is 15.4. The fourth-order valence-electron chi connectivity index (χ4n) is 1.48. The molecule has 104 valence electrons. The monoisotopic (exact) mass is 271 g/mol. The van der Waals surface area contributed by atoms with E-state index in [1.54, 1.807) is 13.0 Å². The Hall–Kier alpha value is -2.61. The highest BCUT2D eigenvalue weighted by Crippen LogP contribution is 2.00. The fourth-order valence-corrected chi connectivity index (χ4v) is 1.48. The normalized spacial score (nSPS) is 11.6. The largest absolute Gasteiger partial charge is 0.351 e. The lowest BCUT2D eigenvalue weighted by Gasteiger charge is -2.10. The number of carbonyl (C=O) groups excluding carboxylic acids is 2. The van der Waals surface area contributed by atoms with Crippen molar-refractivity contribution in [1.29, 1.82) is 5.26 Å². The number of rotatable bonds is 6. The molecule has 0 bridgehead atoms. The van der Waals surface area contributed by atoms with E-state index < -0.39 is 0 Å². The number of hydrogen-bond donors (Lipinski definition) is 2. The zero-order chi connectivity index (χ0) is 14.8. The van der Waals surface area contributed by atoms with Crippen LogP contribution >= 0.6 is 0 Å². The third kappa shape index (κ3) is 6.36. The first-order valence-electron chi connectivity index (χ1n) is 6.29. The molecule has 5 nitrogen and oxygen atoms in total. The molecular weight excluding hydrogens is 254 g/mol. The molecule has 0 spiro atoms. The van der Waals surface area contributed by atoms with Crippen molar-refractivity contribution in [2.45, 2.75) is 19.4 Å². The molecule has 0 fully saturated rings. The van der Waals surface area contributed by atoms with Gasteiger partial charge in [-0.25, -0.2) is 0 Å². The summed E-state index contributed by atoms with van der Waals surface area (Å²) in [7, 11) is 0. The molecule has 0 aromatic heterocycles. The van der Waals surface area contributed by atoms with Crippen LogP contribution in [0.5, 0.6) is 0 Å². The van der Waals surface area contributed by atoms with Gasteiger partial charge >= 0.3 is 0 Å². The highest BCUT2D eigenvalue weighted by atomic mass is 16.2. The van der Waals surface area contributed by atoms with Gasteiger partial charge in [-0.05, 0) is 18.6 Å². The summed E-state index contributed by atoms with van der Waals surface area (Å²) >= 11 is 0. The number of carbonyl (C=O) groups is 2. The predicted molar refractivity (Wildman–Crippen MR) is 76.3 cm³/mol. The molecule has 0 heterocycles. The van der Waals surface area contributed by atoms with E-state index in [1.807, 2.05) is 36.4 Å². The summed E-state index contributed by atoms with van der Waals surface area (Å²) in [5, 5.41) is 13.6. The number of nitriles is 1. The Balaban J connectivity index is 2.31. The van der Waals surface area contributed by atoms with Gasteiger partial charge < -0.3 is 10.6 Å². The molecule has 1 rings (SSSR count). The number of nitrogens with one attached hydrogen (secondary N) is 2. The quantitative estimate of drug-likeness (QED) is 0.764. The maximum Gasteiger partial charge on any atom is 0.244 e. The summed E-state index contributed by atoms with van der Waals surface area (Å²) in [6, 6.07) is 11.1. The molecular formula is C15H17N3O2. The van der Waals surface area contributed by atoms with Gasteiger partial charge in [-0.2, -0.15) is 5.26 Å². The zero-order valence-electron chi connectivity index (χ0n) is 11.3. The van der Waals surface area contributed by atoms with Crippen LogP contribution in [0.3, 0.4) is 0 Å². The van der Waals surface area contributed by atoms with Crippen molar-refractivity contribution in [2.24, 2.45) is 0 Å². The van der Waals surface area contributed by atoms with E-state index in [0.29, 0.717) is 0 Å². The summed E-state index contributed by atoms with van der Waals surface area (Å²) in [5.74, 6) is -0.647. The molecule has 20 heavy (non-hydrogen) atoms. The predicted octanol–water partition coefficient (Wildman–Crippen LogP) is 1.23. The molecule has 0 aliphatic rings. The minimum absolute atomic E-state index is 0.103. The topological polar surface area (TPSA) is 82.0 Å². The molecule has 0 saturated carbocycles. The third-order valence-corrected chi connectivity index (χ3v) is 2.45. The second-order valence-corrected chi connectivity index (χ2v) is 4.29. The van der Waals surface area contributed by atoms with Gasteiger partial charge in [0.05, 0.1) is 19.0 Å². The lowest BCUT2D eigenvalue weighted by Crippen LogP contribution is -2.40. The summed E-state index contributed by atoms with van der Waals surface area (Å²) in [6.07, 6.45) is 3.29. The number of benzene rings is 1. The van der Waals surface area contributed by atoms with Gasteiger partial charge in [-0.1, -0.05) is 30.3 Å². The van der Waals surface area contributed by atoms with E-state index >= 15 is 0 Å². The average molecular weight is 271 g/mol. The molecule has 1 aromatic rings. The smallest absolute Gasteiger partial charge is 0.244 e. The molecule has 2 amide bonds. The minimum atomic E-state index is -0.336. The number of hydrogen-bond acceptors (Lipinski definition) is 3. The van der Waals surface area contributed by atoms with Gasteiger partial charge in [0.15, 0.2) is 0 Å². The van der Waals surface area contributed by atoms with Gasteiger partial charge in [0.2, 0.25) is 11.8 Å². The van der Waals surface area contributed by atoms with Crippen molar-refractivity contribution >= 4 is 17.9 Å². The average Bonchev–Trinajstić information content (AvgIpc) is 2.44. The Labute approximate surface area is 118 Å². The van der Waals surface area contributed by atoms with Crippen LogP contribution in [0, 0.1) is 11.3 Å². The van der Waals surface area contributed by atoms with Crippen LogP contribution < -0.4 is 10.6 Å². The Morgan fingerprint density at radius 1 is 1.35 bits per heavy atom. The maximum atomic E-state index is 11.5. The fraction of sp³-hybridized carbons (Fsp3) is 0.267. The summed E-state index contributed by atoms with van der Waals surface area (Å²) in [6.45, 7) is 1.63. The van der Waals surface area contributed by atoms with Crippen LogP contribution in [0.1, 0.15) is 18.9 Å². The van der Waals surface area contributed by atoms with Crippen LogP contribution in [0.4, 0.5) is 0 Å². The van der Waals surface area contributed by atoms with Crippen LogP contribution in [0.2, 0.25) is 0 Å². The number of nitrogens with zero attached hydrogens (tertiary/aromatic N) is 1. The summed E-state index contributed by atoms with van der Waals surface area (Å²) < 4.78 is 0. The Kier molecular flexibility index (Phi) is 6.55. The molecule has 5 heteroatoms. The van der Waals surface area contributed by atoms with E-state index in [0.717, 1.165) is 5.56 Å². The van der Waals surface area contributed by atoms with E-state index in [9.17, 15) is 9.59 Å². The molecule has 1 atom stereocenters. The highest BCUT2D eigenvalue weighted by Gasteiger charge is 2.07. The van der Waals surface area contributed by atoms with Crippen molar-refractivity contribution in [1.82, 2.24) is 10.6 Å². The van der Waals surface area contributed by atoms with Gasteiger partial charge in [0.25, 0.3) is 0 Å². The standard InChI is InChI=1S/C15H17N3O2/c1-12(9-10-16)18-15(20)11-17-14(19)8-7-13-5-3-2-4-6-13/h2-8,12H,9,11H2,1H3,(H,17,19)(H,18,20). The van der Waals surface area contributed by atoms with E-state index in [4.69, 9.17) is 5.26 Å². The maximum absolute atomic E-state index is 11.5. The lowest BCUT2D eigenvalue weighted by molar-refractivity contribution is -0.124. The molecule has 1 unspecified atom stereocenters. The SMILES string of the molecule is CC(CC#N)NC(=O)CNC(=O)C=Cc1ccccc1. The summed E-state index contributed by atoms with van der Waals surface area (Å²) in [4.78, 5) is 22.9. The van der Waals surface area contributed by atoms with Crippen LogP contribution in [0.25, 0.3) is 6.08 Å². The second kappa shape index (κ2) is 8.48. The third-order valence-electron chi connectivity index (χ3n) is 2.45. The van der Waals surface area contributed by atoms with Crippen LogP contribution in [-0.2, 0) is 9.59 Å². The van der Waals surface area contributed by atoms with E-state index in [2.05, 4.69) is 10.6 Å². The van der Waals surface area contributed by atoms with Crippen molar-refractivity contribution < 1.29 is 9.59 Å². The first-order valence-corrected chi connectivity index (χ1v) is 6.29. The molecule has 0 saturated heterocycles. The Bertz CT molecular complexity index is 518. The summed E-state index contributed by atoms with van der Waals surface area (Å²) in [5.41, 5.74) is 0.912. The zero-order valence-corrected chi connectivity index (χ0v) is 11.3. The highest BCUT2D eigenvalue weighted by molar-refractivity contribution is 5.94. The first-order chi connectivity index (χ1) is 9.61. The molecule has 0 aliphatic heterocycles. The van der Waals surface area contributed by atoms with Crippen molar-refractivity contribution in [3.05, 3.63) is 42.0 Å². The van der Waals surface area contributed by atoms with Gasteiger partial charge in [-0.3, -0.25) is 9.59 Å². The van der Waals surface area contributed by atoms with E-state index in [1.165, 1.54) is 6.08 Å². The van der Waals surface area contributed by atoms with Gasteiger partial charge in [0, 0.05) is 12.1 Å². The molecule has 0 aliphatic carbocycles. The van der Waals surface area contributed by atoms with Crippen molar-refractivity contribution in [3.8, 4) is 6.07 Å². The second-order valence-electron chi connectivity index (χ2n) is 4.29. The van der Waals surface area contributed by atoms with Gasteiger partial charge in [-0.15, -0.1) is 0 Å². The Morgan fingerprint density at radius 2 is 2.05 bits per heavy atom. The van der Waals surface area contributed by atoms with E-state index in [-0.39, 0.29) is 30.8 Å². The lowest BCUT2D eigenvalue weighted by atomic mass is 10.2. The van der Waals surface area contributed by atoms with Crippen molar-refractivity contribution in [2.75, 3.05) is 6.54 Å². The number of amides is 2. The minimum Gasteiger partial charge on any atom is -0.351 e. The molecule has 1 aromatic carbocycles. The van der Waals surface area contributed by atoms with Crippen LogP contribution in [0.15, 0.2) is 36.4 Å². The molecule has 0 radical (unpaired) electrons. The van der Waals surface area contributed by atoms with Crippen molar-refractivity contribution in [3.63, 3.8) is 0 Å². The van der Waals surface area contributed by atoms with Crippen LogP contribution in [-0.4, -0.2) is 24.4 Å². The Morgan fingerprint density at radius 3 is 2.70 bits per heavy atom. The molecule has 2 N–H and O–H groups in total.